The summed E-state index contributed by atoms with van der Waals surface area (Å²) in [7, 11) is 0. The van der Waals surface area contributed by atoms with E-state index in [1.807, 2.05) is 19.1 Å². The van der Waals surface area contributed by atoms with Gasteiger partial charge < -0.3 is 0 Å². The zero-order chi connectivity index (χ0) is 14.8. The molecular weight excluding hydrogens is 259 g/mol. The highest BCUT2D eigenvalue weighted by Crippen LogP contribution is 2.39. The smallest absolute Gasteiger partial charge is 0.126 e. The molecule has 1 atom stereocenters. The number of rotatable bonds is 5. The van der Waals surface area contributed by atoms with Crippen molar-refractivity contribution >= 4 is 0 Å². The Bertz CT molecular complexity index is 625. The molecule has 21 heavy (non-hydrogen) atoms. The SMILES string of the molecule is Cc1cccc(C(CCC2CC2)c2ccc(F)c(C)c2)c1. The van der Waals surface area contributed by atoms with Crippen molar-refractivity contribution in [2.24, 2.45) is 5.92 Å². The summed E-state index contributed by atoms with van der Waals surface area (Å²) in [5.41, 5.74) is 4.65. The molecule has 110 valence electrons. The van der Waals surface area contributed by atoms with Crippen LogP contribution in [0.5, 0.6) is 0 Å². The molecule has 0 saturated heterocycles. The lowest BCUT2D eigenvalue weighted by Crippen LogP contribution is -2.03. The fraction of sp³-hybridized carbons (Fsp3) is 0.400. The standard InChI is InChI=1S/C20H23F/c1-14-4-3-5-17(12-14)19(10-8-16-6-7-16)18-9-11-20(21)15(2)13-18/h3-5,9,11-13,16,19H,6-8,10H2,1-2H3. The third-order valence-electron chi connectivity index (χ3n) is 4.59. The molecule has 1 saturated carbocycles. The average Bonchev–Trinajstić information content (AvgIpc) is 3.27. The van der Waals surface area contributed by atoms with Crippen LogP contribution in [0.15, 0.2) is 42.5 Å². The first kappa shape index (κ1) is 14.3. The number of hydrogen-bond acceptors (Lipinski definition) is 0. The van der Waals surface area contributed by atoms with Crippen LogP contribution in [-0.4, -0.2) is 0 Å². The molecular formula is C20H23F. The van der Waals surface area contributed by atoms with Crippen molar-refractivity contribution in [2.75, 3.05) is 0 Å². The first-order valence-electron chi connectivity index (χ1n) is 7.96. The first-order valence-corrected chi connectivity index (χ1v) is 7.96. The van der Waals surface area contributed by atoms with Crippen LogP contribution in [0.25, 0.3) is 0 Å². The Balaban J connectivity index is 1.91. The van der Waals surface area contributed by atoms with Crippen molar-refractivity contribution in [1.29, 1.82) is 0 Å². The van der Waals surface area contributed by atoms with Crippen molar-refractivity contribution in [3.63, 3.8) is 0 Å². The van der Waals surface area contributed by atoms with Crippen molar-refractivity contribution in [3.8, 4) is 0 Å². The largest absolute Gasteiger partial charge is 0.207 e. The van der Waals surface area contributed by atoms with Crippen LogP contribution in [0.3, 0.4) is 0 Å². The van der Waals surface area contributed by atoms with E-state index in [1.165, 1.54) is 42.4 Å². The minimum Gasteiger partial charge on any atom is -0.207 e. The molecule has 0 spiro atoms. The van der Waals surface area contributed by atoms with Crippen molar-refractivity contribution < 1.29 is 4.39 Å². The van der Waals surface area contributed by atoms with Crippen molar-refractivity contribution in [3.05, 3.63) is 70.5 Å². The van der Waals surface area contributed by atoms with Gasteiger partial charge in [0.25, 0.3) is 0 Å². The van der Waals surface area contributed by atoms with Gasteiger partial charge in [0, 0.05) is 5.92 Å². The molecule has 0 bridgehead atoms. The summed E-state index contributed by atoms with van der Waals surface area (Å²) >= 11 is 0. The monoisotopic (exact) mass is 282 g/mol. The molecule has 2 aromatic carbocycles. The Labute approximate surface area is 127 Å². The summed E-state index contributed by atoms with van der Waals surface area (Å²) in [5, 5.41) is 0. The molecule has 1 aliphatic carbocycles. The third kappa shape index (κ3) is 3.53. The molecule has 3 rings (SSSR count). The van der Waals surface area contributed by atoms with Crippen LogP contribution < -0.4 is 0 Å². The molecule has 0 nitrogen and oxygen atoms in total. The Morgan fingerprint density at radius 3 is 2.48 bits per heavy atom. The molecule has 2 aromatic rings. The molecule has 0 amide bonds. The fourth-order valence-corrected chi connectivity index (χ4v) is 3.11. The van der Waals surface area contributed by atoms with E-state index in [4.69, 9.17) is 0 Å². The molecule has 0 aliphatic heterocycles. The van der Waals surface area contributed by atoms with E-state index in [1.54, 1.807) is 6.07 Å². The second kappa shape index (κ2) is 6.01. The molecule has 1 unspecified atom stereocenters. The molecule has 0 aromatic heterocycles. The summed E-state index contributed by atoms with van der Waals surface area (Å²) in [4.78, 5) is 0. The highest BCUT2D eigenvalue weighted by molar-refractivity contribution is 5.36. The fourth-order valence-electron chi connectivity index (χ4n) is 3.11. The maximum Gasteiger partial charge on any atom is 0.126 e. The van der Waals surface area contributed by atoms with Gasteiger partial charge in [0.05, 0.1) is 0 Å². The molecule has 0 heterocycles. The Kier molecular flexibility index (Phi) is 4.10. The average molecular weight is 282 g/mol. The molecule has 1 aliphatic rings. The van der Waals surface area contributed by atoms with Gasteiger partial charge in [-0.15, -0.1) is 0 Å². The summed E-state index contributed by atoms with van der Waals surface area (Å²) < 4.78 is 13.6. The topological polar surface area (TPSA) is 0 Å². The Morgan fingerprint density at radius 1 is 1.05 bits per heavy atom. The quantitative estimate of drug-likeness (QED) is 0.653. The van der Waals surface area contributed by atoms with Gasteiger partial charge in [-0.25, -0.2) is 4.39 Å². The number of hydrogen-bond donors (Lipinski definition) is 0. The van der Waals surface area contributed by atoms with Gasteiger partial charge >= 0.3 is 0 Å². The molecule has 0 radical (unpaired) electrons. The first-order chi connectivity index (χ1) is 10.1. The zero-order valence-corrected chi connectivity index (χ0v) is 12.9. The maximum absolute atomic E-state index is 13.6. The van der Waals surface area contributed by atoms with Gasteiger partial charge in [-0.3, -0.25) is 0 Å². The van der Waals surface area contributed by atoms with Gasteiger partial charge in [0.15, 0.2) is 0 Å². The van der Waals surface area contributed by atoms with Gasteiger partial charge in [0.2, 0.25) is 0 Å². The number of halogens is 1. The minimum absolute atomic E-state index is 0.107. The van der Waals surface area contributed by atoms with E-state index in [2.05, 4.69) is 31.2 Å². The number of aryl methyl sites for hydroxylation is 2. The van der Waals surface area contributed by atoms with Crippen LogP contribution >= 0.6 is 0 Å². The predicted molar refractivity (Wildman–Crippen MR) is 86.1 cm³/mol. The molecule has 0 N–H and O–H groups in total. The second-order valence-corrected chi connectivity index (χ2v) is 6.50. The van der Waals surface area contributed by atoms with Crippen molar-refractivity contribution in [1.82, 2.24) is 0 Å². The zero-order valence-electron chi connectivity index (χ0n) is 12.9. The van der Waals surface area contributed by atoms with Crippen LogP contribution in [0.4, 0.5) is 4.39 Å². The summed E-state index contributed by atoms with van der Waals surface area (Å²) in [6.45, 7) is 3.99. The van der Waals surface area contributed by atoms with E-state index < -0.39 is 0 Å². The molecule has 1 heteroatoms. The number of benzene rings is 2. The van der Waals surface area contributed by atoms with E-state index in [-0.39, 0.29) is 5.82 Å². The van der Waals surface area contributed by atoms with E-state index in [9.17, 15) is 4.39 Å². The minimum atomic E-state index is -0.107. The van der Waals surface area contributed by atoms with Crippen molar-refractivity contribution in [2.45, 2.75) is 45.4 Å². The van der Waals surface area contributed by atoms with Crippen LogP contribution in [0.1, 0.15) is 53.9 Å². The van der Waals surface area contributed by atoms with E-state index >= 15 is 0 Å². The van der Waals surface area contributed by atoms with Crippen LogP contribution in [0, 0.1) is 25.6 Å². The van der Waals surface area contributed by atoms with Crippen LogP contribution in [0.2, 0.25) is 0 Å². The van der Waals surface area contributed by atoms with E-state index in [0.717, 1.165) is 11.5 Å². The lowest BCUT2D eigenvalue weighted by Gasteiger charge is -2.19. The maximum atomic E-state index is 13.6. The lowest BCUT2D eigenvalue weighted by molar-refractivity contribution is 0.602. The lowest BCUT2D eigenvalue weighted by atomic mass is 9.85. The predicted octanol–water partition coefficient (Wildman–Crippen LogP) is 5.76. The van der Waals surface area contributed by atoms with Gasteiger partial charge in [-0.2, -0.15) is 0 Å². The highest BCUT2D eigenvalue weighted by Gasteiger charge is 2.24. The van der Waals surface area contributed by atoms with Gasteiger partial charge in [-0.05, 0) is 55.4 Å². The second-order valence-electron chi connectivity index (χ2n) is 6.50. The highest BCUT2D eigenvalue weighted by atomic mass is 19.1. The third-order valence-corrected chi connectivity index (χ3v) is 4.59. The summed E-state index contributed by atoms with van der Waals surface area (Å²) in [5.74, 6) is 1.22. The Hall–Kier alpha value is -1.63. The summed E-state index contributed by atoms with van der Waals surface area (Å²) in [6.07, 6.45) is 5.24. The van der Waals surface area contributed by atoms with Gasteiger partial charge in [-0.1, -0.05) is 54.8 Å². The van der Waals surface area contributed by atoms with Crippen LogP contribution in [-0.2, 0) is 0 Å². The molecule has 1 fully saturated rings. The van der Waals surface area contributed by atoms with E-state index in [0.29, 0.717) is 5.92 Å². The Morgan fingerprint density at radius 2 is 1.81 bits per heavy atom. The normalized spacial score (nSPS) is 16.0. The van der Waals surface area contributed by atoms with Gasteiger partial charge in [0.1, 0.15) is 5.82 Å². The summed E-state index contributed by atoms with van der Waals surface area (Å²) in [6, 6.07) is 14.4.